The Morgan fingerprint density at radius 3 is 2.48 bits per heavy atom. The molecule has 0 saturated carbocycles. The second-order valence-electron chi connectivity index (χ2n) is 4.64. The zero-order chi connectivity index (χ0) is 16.3. The molecule has 0 bridgehead atoms. The number of anilines is 1. The Labute approximate surface area is 122 Å². The number of benzene rings is 1. The number of nitrogens with two attached hydrogens (primary N) is 1. The van der Waals surface area contributed by atoms with E-state index < -0.39 is 27.6 Å². The van der Waals surface area contributed by atoms with E-state index in [0.29, 0.717) is 0 Å². The van der Waals surface area contributed by atoms with Crippen LogP contribution in [0.15, 0.2) is 29.2 Å². The van der Waals surface area contributed by atoms with Gasteiger partial charge in [-0.05, 0) is 31.5 Å². The average molecular weight is 315 g/mol. The van der Waals surface area contributed by atoms with Crippen molar-refractivity contribution in [3.63, 3.8) is 0 Å². The summed E-state index contributed by atoms with van der Waals surface area (Å²) in [6, 6.07) is 4.57. The number of carboxylic acids is 1. The number of nitrogens with one attached hydrogen (secondary N) is 2. The fourth-order valence-electron chi connectivity index (χ4n) is 1.46. The van der Waals surface area contributed by atoms with Crippen molar-refractivity contribution in [2.24, 2.45) is 5.14 Å². The predicted octanol–water partition coefficient (Wildman–Crippen LogP) is 0.709. The van der Waals surface area contributed by atoms with Gasteiger partial charge in [0.2, 0.25) is 10.0 Å². The quantitative estimate of drug-likeness (QED) is 0.633. The highest BCUT2D eigenvalue weighted by atomic mass is 32.2. The molecule has 0 fully saturated rings. The molecular weight excluding hydrogens is 298 g/mol. The third-order valence-electron chi connectivity index (χ3n) is 2.99. The van der Waals surface area contributed by atoms with Crippen LogP contribution in [0.1, 0.15) is 20.3 Å². The van der Waals surface area contributed by atoms with Crippen molar-refractivity contribution in [2.45, 2.75) is 30.7 Å². The topological polar surface area (TPSA) is 139 Å². The molecule has 2 amide bonds. The van der Waals surface area contributed by atoms with E-state index >= 15 is 0 Å². The molecule has 0 aliphatic rings. The summed E-state index contributed by atoms with van der Waals surface area (Å²) in [5, 5.41) is 18.7. The third-order valence-corrected chi connectivity index (χ3v) is 3.90. The molecule has 0 heterocycles. The number of hydrogen-bond donors (Lipinski definition) is 4. The minimum Gasteiger partial charge on any atom is -0.480 e. The van der Waals surface area contributed by atoms with E-state index in [9.17, 15) is 18.0 Å². The molecular formula is C12H17N3O5S. The minimum absolute atomic E-state index is 0.156. The first-order valence-corrected chi connectivity index (χ1v) is 7.58. The summed E-state index contributed by atoms with van der Waals surface area (Å²) < 4.78 is 22.4. The van der Waals surface area contributed by atoms with Gasteiger partial charge in [0.05, 0.1) is 4.90 Å². The highest BCUT2D eigenvalue weighted by molar-refractivity contribution is 7.89. The van der Waals surface area contributed by atoms with Gasteiger partial charge < -0.3 is 15.7 Å². The Morgan fingerprint density at radius 2 is 2.00 bits per heavy atom. The first kappa shape index (κ1) is 16.9. The van der Waals surface area contributed by atoms with E-state index in [0.717, 1.165) is 0 Å². The van der Waals surface area contributed by atoms with E-state index in [4.69, 9.17) is 10.2 Å². The largest absolute Gasteiger partial charge is 0.480 e. The summed E-state index contributed by atoms with van der Waals surface area (Å²) in [7, 11) is -3.88. The van der Waals surface area contributed by atoms with Gasteiger partial charge in [-0.1, -0.05) is 13.0 Å². The first-order valence-electron chi connectivity index (χ1n) is 6.04. The van der Waals surface area contributed by atoms with Crippen molar-refractivity contribution in [3.05, 3.63) is 24.3 Å². The van der Waals surface area contributed by atoms with Gasteiger partial charge in [0, 0.05) is 5.69 Å². The summed E-state index contributed by atoms with van der Waals surface area (Å²) in [6.07, 6.45) is 0.187. The van der Waals surface area contributed by atoms with Crippen LogP contribution in [0.5, 0.6) is 0 Å². The van der Waals surface area contributed by atoms with Crippen LogP contribution in [-0.2, 0) is 14.8 Å². The van der Waals surface area contributed by atoms with E-state index in [1.54, 1.807) is 6.92 Å². The van der Waals surface area contributed by atoms with Crippen LogP contribution < -0.4 is 15.8 Å². The van der Waals surface area contributed by atoms with Crippen LogP contribution in [0.2, 0.25) is 0 Å². The lowest BCUT2D eigenvalue weighted by atomic mass is 10.00. The lowest BCUT2D eigenvalue weighted by Gasteiger charge is -2.24. The molecule has 5 N–H and O–H groups in total. The van der Waals surface area contributed by atoms with Gasteiger partial charge in [-0.2, -0.15) is 0 Å². The number of urea groups is 1. The van der Waals surface area contributed by atoms with Crippen molar-refractivity contribution < 1.29 is 23.1 Å². The molecule has 1 aromatic rings. The third kappa shape index (κ3) is 4.43. The highest BCUT2D eigenvalue weighted by Gasteiger charge is 2.32. The van der Waals surface area contributed by atoms with Crippen LogP contribution in [0.25, 0.3) is 0 Å². The molecule has 0 saturated heterocycles. The standard InChI is InChI=1S/C12H17N3O5S/c1-3-12(2,10(16)17)15-11(18)14-8-5-4-6-9(7-8)21(13,19)20/h4-7H,3H2,1-2H3,(H,16,17)(H2,13,19,20)(H2,14,15,18). The normalized spacial score (nSPS) is 14.0. The van der Waals surface area contributed by atoms with Crippen LogP contribution in [0.3, 0.4) is 0 Å². The van der Waals surface area contributed by atoms with Crippen LogP contribution in [-0.4, -0.2) is 31.1 Å². The Kier molecular flexibility index (Phi) is 4.92. The molecule has 0 spiro atoms. The summed E-state index contributed by atoms with van der Waals surface area (Å²) in [4.78, 5) is 22.7. The summed E-state index contributed by atoms with van der Waals surface area (Å²) in [6.45, 7) is 2.99. The van der Waals surface area contributed by atoms with Gasteiger partial charge >= 0.3 is 12.0 Å². The fourth-order valence-corrected chi connectivity index (χ4v) is 2.02. The van der Waals surface area contributed by atoms with Gasteiger partial charge in [-0.15, -0.1) is 0 Å². The number of aliphatic carboxylic acids is 1. The van der Waals surface area contributed by atoms with Crippen molar-refractivity contribution >= 4 is 27.7 Å². The summed E-state index contributed by atoms with van der Waals surface area (Å²) in [5.41, 5.74) is -1.23. The molecule has 21 heavy (non-hydrogen) atoms. The molecule has 0 aliphatic heterocycles. The molecule has 116 valence electrons. The average Bonchev–Trinajstić information content (AvgIpc) is 2.37. The second kappa shape index (κ2) is 6.10. The Balaban J connectivity index is 2.88. The van der Waals surface area contributed by atoms with Gasteiger partial charge in [0.25, 0.3) is 0 Å². The van der Waals surface area contributed by atoms with E-state index in [-0.39, 0.29) is 17.0 Å². The molecule has 1 aromatic carbocycles. The molecule has 1 rings (SSSR count). The van der Waals surface area contributed by atoms with Gasteiger partial charge in [0.15, 0.2) is 0 Å². The number of carboxylic acid groups (broad SMARTS) is 1. The number of sulfonamides is 1. The SMILES string of the molecule is CCC(C)(NC(=O)Nc1cccc(S(N)(=O)=O)c1)C(=O)O. The lowest BCUT2D eigenvalue weighted by Crippen LogP contribution is -2.53. The number of primary sulfonamides is 1. The molecule has 1 atom stereocenters. The number of carbonyl (C=O) groups is 2. The maximum atomic E-state index is 11.8. The summed E-state index contributed by atoms with van der Waals surface area (Å²) in [5.74, 6) is -1.17. The zero-order valence-electron chi connectivity index (χ0n) is 11.6. The Morgan fingerprint density at radius 1 is 1.38 bits per heavy atom. The van der Waals surface area contributed by atoms with Crippen molar-refractivity contribution in [1.29, 1.82) is 0 Å². The number of hydrogen-bond acceptors (Lipinski definition) is 4. The molecule has 8 nitrogen and oxygen atoms in total. The zero-order valence-corrected chi connectivity index (χ0v) is 12.4. The monoisotopic (exact) mass is 315 g/mol. The first-order chi connectivity index (χ1) is 9.58. The molecule has 0 aromatic heterocycles. The maximum Gasteiger partial charge on any atom is 0.329 e. The molecule has 0 radical (unpaired) electrons. The number of amides is 2. The second-order valence-corrected chi connectivity index (χ2v) is 6.20. The predicted molar refractivity (Wildman–Crippen MR) is 76.3 cm³/mol. The van der Waals surface area contributed by atoms with Crippen molar-refractivity contribution in [3.8, 4) is 0 Å². The molecule has 1 unspecified atom stereocenters. The lowest BCUT2D eigenvalue weighted by molar-refractivity contribution is -0.143. The van der Waals surface area contributed by atoms with Crippen LogP contribution >= 0.6 is 0 Å². The minimum atomic E-state index is -3.88. The van der Waals surface area contributed by atoms with Gasteiger partial charge in [-0.25, -0.2) is 23.1 Å². The van der Waals surface area contributed by atoms with E-state index in [2.05, 4.69) is 10.6 Å². The highest BCUT2D eigenvalue weighted by Crippen LogP contribution is 2.15. The maximum absolute atomic E-state index is 11.8. The smallest absolute Gasteiger partial charge is 0.329 e. The molecule has 0 aliphatic carbocycles. The van der Waals surface area contributed by atoms with Crippen molar-refractivity contribution in [2.75, 3.05) is 5.32 Å². The Hall–Kier alpha value is -2.13. The number of rotatable bonds is 5. The van der Waals surface area contributed by atoms with E-state index in [1.165, 1.54) is 31.2 Å². The van der Waals surface area contributed by atoms with Crippen LogP contribution in [0, 0.1) is 0 Å². The van der Waals surface area contributed by atoms with Crippen molar-refractivity contribution in [1.82, 2.24) is 5.32 Å². The molecule has 9 heteroatoms. The van der Waals surface area contributed by atoms with Gasteiger partial charge in [0.1, 0.15) is 5.54 Å². The van der Waals surface area contributed by atoms with E-state index in [1.807, 2.05) is 0 Å². The van der Waals surface area contributed by atoms with Gasteiger partial charge in [-0.3, -0.25) is 0 Å². The van der Waals surface area contributed by atoms with Crippen LogP contribution in [0.4, 0.5) is 10.5 Å². The fraction of sp³-hybridized carbons (Fsp3) is 0.333. The Bertz CT molecular complexity index is 659. The number of carbonyl (C=O) groups excluding carboxylic acids is 1. The summed E-state index contributed by atoms with van der Waals surface area (Å²) >= 11 is 0.